The molecule has 1 aromatic carbocycles. The predicted octanol–water partition coefficient (Wildman–Crippen LogP) is 3.19. The van der Waals surface area contributed by atoms with E-state index >= 15 is 0 Å². The van der Waals surface area contributed by atoms with E-state index in [9.17, 15) is 4.57 Å². The maximum Gasteiger partial charge on any atom is 0.274 e. The molecule has 6 heteroatoms. The molecule has 0 aliphatic carbocycles. The molecule has 0 saturated heterocycles. The van der Waals surface area contributed by atoms with Gasteiger partial charge in [-0.25, -0.2) is 0 Å². The molecule has 0 aliphatic heterocycles. The third-order valence-corrected chi connectivity index (χ3v) is 5.65. The molecule has 2 N–H and O–H groups in total. The van der Waals surface area contributed by atoms with E-state index in [1.807, 2.05) is 44.2 Å². The van der Waals surface area contributed by atoms with Gasteiger partial charge in [0.15, 0.2) is 0 Å². The molecule has 0 radical (unpaired) electrons. The lowest BCUT2D eigenvalue weighted by atomic mass is 10.1. The quantitative estimate of drug-likeness (QED) is 0.530. The third-order valence-electron chi connectivity index (χ3n) is 2.99. The van der Waals surface area contributed by atoms with Gasteiger partial charge in [0.2, 0.25) is 6.03 Å². The summed E-state index contributed by atoms with van der Waals surface area (Å²) < 4.78 is 29.6. The van der Waals surface area contributed by atoms with E-state index in [4.69, 9.17) is 19.7 Å². The summed E-state index contributed by atoms with van der Waals surface area (Å²) in [5, 5.41) is 0. The number of nitrogens with two attached hydrogens (primary N) is 1. The molecule has 1 aromatic rings. The normalized spacial score (nSPS) is 15.9. The van der Waals surface area contributed by atoms with Crippen LogP contribution in [0.1, 0.15) is 26.3 Å². The Morgan fingerprint density at radius 1 is 1.05 bits per heavy atom. The van der Waals surface area contributed by atoms with Gasteiger partial charge in [-0.3, -0.25) is 4.57 Å². The second-order valence-electron chi connectivity index (χ2n) is 4.54. The lowest BCUT2D eigenvalue weighted by Gasteiger charge is -2.30. The van der Waals surface area contributed by atoms with Crippen LogP contribution in [0.5, 0.6) is 0 Å². The van der Waals surface area contributed by atoms with Gasteiger partial charge in [-0.2, -0.15) is 0 Å². The molecule has 2 atom stereocenters. The number of rotatable bonds is 10. The van der Waals surface area contributed by atoms with E-state index in [0.717, 1.165) is 5.56 Å². The Morgan fingerprint density at radius 2 is 1.62 bits per heavy atom. The number of benzene rings is 1. The van der Waals surface area contributed by atoms with E-state index in [-0.39, 0.29) is 0 Å². The molecule has 0 fully saturated rings. The molecule has 120 valence electrons. The summed E-state index contributed by atoms with van der Waals surface area (Å²) in [7, 11) is -3.29. The summed E-state index contributed by atoms with van der Waals surface area (Å²) in [5.41, 5.74) is 7.19. The second-order valence-corrected chi connectivity index (χ2v) is 7.17. The Bertz CT molecular complexity index is 435. The Kier molecular flexibility index (Phi) is 8.15. The van der Waals surface area contributed by atoms with Crippen molar-refractivity contribution in [3.8, 4) is 0 Å². The van der Waals surface area contributed by atoms with E-state index < -0.39 is 19.2 Å². The third kappa shape index (κ3) is 5.20. The van der Waals surface area contributed by atoms with Crippen LogP contribution in [0.2, 0.25) is 0 Å². The minimum Gasteiger partial charge on any atom is -0.345 e. The van der Waals surface area contributed by atoms with Crippen LogP contribution >= 0.6 is 7.37 Å². The molecule has 2 unspecified atom stereocenters. The van der Waals surface area contributed by atoms with E-state index in [0.29, 0.717) is 26.2 Å². The minimum absolute atomic E-state index is 0.302. The van der Waals surface area contributed by atoms with Crippen LogP contribution in [0.15, 0.2) is 30.3 Å². The SMILES string of the molecule is CCOC(OCC)P(=O)(OCC)C(N)Cc1ccccc1. The molecular weight excluding hydrogens is 289 g/mol. The molecule has 0 aromatic heterocycles. The van der Waals surface area contributed by atoms with Crippen LogP contribution in [-0.4, -0.2) is 31.6 Å². The van der Waals surface area contributed by atoms with Gasteiger partial charge in [0.1, 0.15) is 0 Å². The summed E-state index contributed by atoms with van der Waals surface area (Å²) in [4.78, 5) is 0. The summed E-state index contributed by atoms with van der Waals surface area (Å²) in [6, 6.07) is 8.78. The van der Waals surface area contributed by atoms with Crippen molar-refractivity contribution in [3.05, 3.63) is 35.9 Å². The number of ether oxygens (including phenoxy) is 2. The maximum absolute atomic E-state index is 13.2. The minimum atomic E-state index is -3.29. The summed E-state index contributed by atoms with van der Waals surface area (Å²) in [6.07, 6.45) is 0.453. The Balaban J connectivity index is 2.92. The maximum atomic E-state index is 13.2. The Morgan fingerprint density at radius 3 is 2.10 bits per heavy atom. The highest BCUT2D eigenvalue weighted by molar-refractivity contribution is 7.60. The topological polar surface area (TPSA) is 70.8 Å². The van der Waals surface area contributed by atoms with Crippen LogP contribution < -0.4 is 5.73 Å². The van der Waals surface area contributed by atoms with Crippen molar-refractivity contribution in [2.75, 3.05) is 19.8 Å². The van der Waals surface area contributed by atoms with Crippen molar-refractivity contribution >= 4 is 7.37 Å². The zero-order valence-electron chi connectivity index (χ0n) is 13.0. The van der Waals surface area contributed by atoms with Crippen molar-refractivity contribution in [3.63, 3.8) is 0 Å². The molecule has 0 spiro atoms. The van der Waals surface area contributed by atoms with Crippen molar-refractivity contribution in [1.29, 1.82) is 0 Å². The van der Waals surface area contributed by atoms with Crippen LogP contribution in [0.3, 0.4) is 0 Å². The van der Waals surface area contributed by atoms with Crippen molar-refractivity contribution in [2.24, 2.45) is 5.73 Å². The second kappa shape index (κ2) is 9.34. The van der Waals surface area contributed by atoms with Crippen LogP contribution in [0, 0.1) is 0 Å². The van der Waals surface area contributed by atoms with Crippen LogP contribution in [0.25, 0.3) is 0 Å². The van der Waals surface area contributed by atoms with E-state index in [1.165, 1.54) is 0 Å². The molecule has 0 heterocycles. The molecular formula is C15H26NO4P. The number of hydrogen-bond donors (Lipinski definition) is 1. The fourth-order valence-electron chi connectivity index (χ4n) is 2.04. The lowest BCUT2D eigenvalue weighted by Crippen LogP contribution is -2.32. The van der Waals surface area contributed by atoms with Gasteiger partial charge in [0, 0.05) is 13.2 Å². The highest BCUT2D eigenvalue weighted by atomic mass is 31.2. The average Bonchev–Trinajstić information content (AvgIpc) is 2.48. The van der Waals surface area contributed by atoms with Gasteiger partial charge in [-0.05, 0) is 32.8 Å². The van der Waals surface area contributed by atoms with Crippen LogP contribution in [0.4, 0.5) is 0 Å². The number of hydrogen-bond acceptors (Lipinski definition) is 5. The monoisotopic (exact) mass is 315 g/mol. The van der Waals surface area contributed by atoms with Gasteiger partial charge in [-0.15, -0.1) is 0 Å². The molecule has 0 amide bonds. The first-order valence-corrected chi connectivity index (χ1v) is 9.11. The van der Waals surface area contributed by atoms with Gasteiger partial charge in [0.05, 0.1) is 12.4 Å². The first-order chi connectivity index (χ1) is 10.1. The van der Waals surface area contributed by atoms with Gasteiger partial charge >= 0.3 is 0 Å². The van der Waals surface area contributed by atoms with Gasteiger partial charge in [0.25, 0.3) is 7.37 Å². The van der Waals surface area contributed by atoms with E-state index in [1.54, 1.807) is 6.92 Å². The van der Waals surface area contributed by atoms with Crippen molar-refractivity contribution < 1.29 is 18.6 Å². The smallest absolute Gasteiger partial charge is 0.274 e. The molecule has 0 aliphatic rings. The molecule has 21 heavy (non-hydrogen) atoms. The predicted molar refractivity (Wildman–Crippen MR) is 84.4 cm³/mol. The average molecular weight is 315 g/mol. The molecule has 5 nitrogen and oxygen atoms in total. The summed E-state index contributed by atoms with van der Waals surface area (Å²) >= 11 is 0. The zero-order valence-corrected chi connectivity index (χ0v) is 13.9. The lowest BCUT2D eigenvalue weighted by molar-refractivity contribution is -0.0896. The highest BCUT2D eigenvalue weighted by Gasteiger charge is 2.41. The standard InChI is InChI=1S/C15H26NO4P/c1-4-18-15(19-5-2)21(17,20-6-3)14(16)12-13-10-8-7-9-11-13/h7-11,14-15H,4-6,12,16H2,1-3H3. The fraction of sp³-hybridized carbons (Fsp3) is 0.600. The van der Waals surface area contributed by atoms with Crippen molar-refractivity contribution in [1.82, 2.24) is 0 Å². The van der Waals surface area contributed by atoms with Gasteiger partial charge < -0.3 is 19.7 Å². The first-order valence-electron chi connectivity index (χ1n) is 7.35. The highest BCUT2D eigenvalue weighted by Crippen LogP contribution is 2.56. The first kappa shape index (κ1) is 18.3. The van der Waals surface area contributed by atoms with Crippen molar-refractivity contribution in [2.45, 2.75) is 39.0 Å². The van der Waals surface area contributed by atoms with E-state index in [2.05, 4.69) is 0 Å². The molecule has 1 rings (SSSR count). The summed E-state index contributed by atoms with van der Waals surface area (Å²) in [5.74, 6) is -0.664. The largest absolute Gasteiger partial charge is 0.345 e. The molecule has 0 bridgehead atoms. The van der Waals surface area contributed by atoms with Crippen LogP contribution in [-0.2, 0) is 25.0 Å². The van der Waals surface area contributed by atoms with Gasteiger partial charge in [-0.1, -0.05) is 30.3 Å². The fourth-order valence-corrected chi connectivity index (χ4v) is 4.25. The Labute approximate surface area is 127 Å². The summed E-state index contributed by atoms with van der Waals surface area (Å²) in [6.45, 7) is 6.52. The zero-order chi connectivity index (χ0) is 15.7. The molecule has 0 saturated carbocycles. The Hall–Kier alpha value is -0.710.